The average Bonchev–Trinajstić information content (AvgIpc) is 2.65. The van der Waals surface area contributed by atoms with Gasteiger partial charge in [-0.2, -0.15) is 0 Å². The van der Waals surface area contributed by atoms with Gasteiger partial charge in [-0.15, -0.1) is 0 Å². The number of hydrogen-bond acceptors (Lipinski definition) is 6. The molecule has 1 fully saturated rings. The van der Waals surface area contributed by atoms with Gasteiger partial charge in [0.1, 0.15) is 11.4 Å². The molecule has 88 valence electrons. The molecule has 1 unspecified atom stereocenters. The third kappa shape index (κ3) is 2.37. The number of rotatable bonds is 3. The van der Waals surface area contributed by atoms with Gasteiger partial charge in [-0.1, -0.05) is 10.3 Å². The molecule has 0 spiro atoms. The van der Waals surface area contributed by atoms with Crippen LogP contribution in [0.3, 0.4) is 0 Å². The van der Waals surface area contributed by atoms with Crippen LogP contribution < -0.4 is 0 Å². The predicted molar refractivity (Wildman–Crippen MR) is 51.7 cm³/mol. The Balaban J connectivity index is 1.95. The van der Waals surface area contributed by atoms with Crippen LogP contribution in [0.15, 0.2) is 4.63 Å². The Morgan fingerprint density at radius 3 is 3.06 bits per heavy atom. The number of nitrogens with zero attached hydrogens (tertiary/aromatic N) is 3. The fourth-order valence-electron chi connectivity index (χ4n) is 1.60. The lowest BCUT2D eigenvalue weighted by molar-refractivity contribution is -0.156. The van der Waals surface area contributed by atoms with E-state index in [0.717, 1.165) is 11.4 Å². The van der Waals surface area contributed by atoms with Crippen molar-refractivity contribution in [3.63, 3.8) is 0 Å². The van der Waals surface area contributed by atoms with Gasteiger partial charge in [-0.25, -0.2) is 9.42 Å². The predicted octanol–water partition coefficient (Wildman–Crippen LogP) is -0.337. The number of aliphatic carboxylic acids is 1. The minimum Gasteiger partial charge on any atom is -0.479 e. The van der Waals surface area contributed by atoms with Crippen molar-refractivity contribution < 1.29 is 19.3 Å². The summed E-state index contributed by atoms with van der Waals surface area (Å²) >= 11 is 0. The molecular weight excluding hydrogens is 214 g/mol. The topological polar surface area (TPSA) is 88.7 Å². The second-order valence-electron chi connectivity index (χ2n) is 3.73. The van der Waals surface area contributed by atoms with E-state index in [9.17, 15) is 4.79 Å². The van der Waals surface area contributed by atoms with Gasteiger partial charge in [0.2, 0.25) is 0 Å². The van der Waals surface area contributed by atoms with Crippen LogP contribution in [-0.4, -0.2) is 52.1 Å². The Morgan fingerprint density at radius 1 is 1.62 bits per heavy atom. The third-order valence-electron chi connectivity index (χ3n) is 2.55. The zero-order valence-corrected chi connectivity index (χ0v) is 8.92. The molecule has 0 amide bonds. The van der Waals surface area contributed by atoms with E-state index in [1.165, 1.54) is 0 Å². The first-order valence-corrected chi connectivity index (χ1v) is 5.01. The van der Waals surface area contributed by atoms with Crippen molar-refractivity contribution in [2.75, 3.05) is 19.7 Å². The molecule has 0 radical (unpaired) electrons. The number of morpholine rings is 1. The third-order valence-corrected chi connectivity index (χ3v) is 2.55. The highest BCUT2D eigenvalue weighted by molar-refractivity contribution is 5.72. The first kappa shape index (κ1) is 11.0. The maximum absolute atomic E-state index is 10.8. The summed E-state index contributed by atoms with van der Waals surface area (Å²) in [5.74, 6) is -0.931. The highest BCUT2D eigenvalue weighted by Crippen LogP contribution is 2.10. The van der Waals surface area contributed by atoms with Gasteiger partial charge in [-0.05, 0) is 6.92 Å². The van der Waals surface area contributed by atoms with E-state index < -0.39 is 12.1 Å². The van der Waals surface area contributed by atoms with Crippen LogP contribution in [0.2, 0.25) is 0 Å². The van der Waals surface area contributed by atoms with Crippen molar-refractivity contribution >= 4 is 5.97 Å². The van der Waals surface area contributed by atoms with Gasteiger partial charge >= 0.3 is 5.97 Å². The van der Waals surface area contributed by atoms with Gasteiger partial charge in [0.25, 0.3) is 0 Å². The Hall–Kier alpha value is -1.47. The zero-order chi connectivity index (χ0) is 11.5. The average molecular weight is 227 g/mol. The standard InChI is InChI=1S/C9H13N3O4/c1-6-7(11-16-10-6)4-12-2-3-15-8(5-12)9(13)14/h8H,2-5H2,1H3,(H,13,14). The number of carboxylic acids is 1. The largest absolute Gasteiger partial charge is 0.479 e. The van der Waals surface area contributed by atoms with Crippen LogP contribution in [0, 0.1) is 6.92 Å². The molecule has 0 bridgehead atoms. The van der Waals surface area contributed by atoms with Crippen LogP contribution >= 0.6 is 0 Å². The second-order valence-corrected chi connectivity index (χ2v) is 3.73. The second kappa shape index (κ2) is 4.58. The normalized spacial score (nSPS) is 22.2. The lowest BCUT2D eigenvalue weighted by Crippen LogP contribution is -2.45. The van der Waals surface area contributed by atoms with E-state index >= 15 is 0 Å². The molecule has 0 aromatic carbocycles. The van der Waals surface area contributed by atoms with Crippen LogP contribution in [0.5, 0.6) is 0 Å². The molecule has 1 aliphatic rings. The molecule has 1 aromatic heterocycles. The summed E-state index contributed by atoms with van der Waals surface area (Å²) in [6.07, 6.45) is -0.756. The minimum absolute atomic E-state index is 0.363. The summed E-state index contributed by atoms with van der Waals surface area (Å²) < 4.78 is 9.71. The maximum atomic E-state index is 10.8. The number of aromatic nitrogens is 2. The number of aryl methyl sites for hydroxylation is 1. The van der Waals surface area contributed by atoms with Crippen molar-refractivity contribution in [2.24, 2.45) is 0 Å². The number of carbonyl (C=O) groups is 1. The first-order chi connectivity index (χ1) is 7.66. The molecule has 1 aromatic rings. The van der Waals surface area contributed by atoms with E-state index in [2.05, 4.69) is 14.9 Å². The Morgan fingerprint density at radius 2 is 2.44 bits per heavy atom. The Kier molecular flexibility index (Phi) is 3.16. The summed E-state index contributed by atoms with van der Waals surface area (Å²) in [7, 11) is 0. The van der Waals surface area contributed by atoms with E-state index in [0.29, 0.717) is 26.2 Å². The summed E-state index contributed by atoms with van der Waals surface area (Å²) in [6, 6.07) is 0. The molecule has 7 nitrogen and oxygen atoms in total. The van der Waals surface area contributed by atoms with E-state index in [1.807, 2.05) is 4.90 Å². The molecule has 1 saturated heterocycles. The molecule has 2 rings (SSSR count). The van der Waals surface area contributed by atoms with Crippen LogP contribution in [0.4, 0.5) is 0 Å². The van der Waals surface area contributed by atoms with Crippen LogP contribution in [-0.2, 0) is 16.1 Å². The summed E-state index contributed by atoms with van der Waals surface area (Å²) in [5, 5.41) is 16.3. The zero-order valence-electron chi connectivity index (χ0n) is 8.92. The van der Waals surface area contributed by atoms with Gasteiger partial charge in [0.15, 0.2) is 6.10 Å². The number of ether oxygens (including phenoxy) is 1. The van der Waals surface area contributed by atoms with Crippen LogP contribution in [0.1, 0.15) is 11.4 Å². The lowest BCUT2D eigenvalue weighted by atomic mass is 10.2. The van der Waals surface area contributed by atoms with E-state index in [-0.39, 0.29) is 0 Å². The molecule has 0 saturated carbocycles. The van der Waals surface area contributed by atoms with Gasteiger partial charge in [0, 0.05) is 19.6 Å². The van der Waals surface area contributed by atoms with Crippen molar-refractivity contribution in [1.29, 1.82) is 0 Å². The highest BCUT2D eigenvalue weighted by atomic mass is 16.6. The van der Waals surface area contributed by atoms with Gasteiger partial charge in [-0.3, -0.25) is 4.90 Å². The summed E-state index contributed by atoms with van der Waals surface area (Å²) in [6.45, 7) is 3.82. The molecule has 7 heteroatoms. The smallest absolute Gasteiger partial charge is 0.334 e. The van der Waals surface area contributed by atoms with E-state index in [4.69, 9.17) is 9.84 Å². The molecule has 16 heavy (non-hydrogen) atoms. The maximum Gasteiger partial charge on any atom is 0.334 e. The Bertz CT molecular complexity index is 379. The Labute approximate surface area is 91.9 Å². The lowest BCUT2D eigenvalue weighted by Gasteiger charge is -2.29. The minimum atomic E-state index is -0.931. The fraction of sp³-hybridized carbons (Fsp3) is 0.667. The van der Waals surface area contributed by atoms with Crippen molar-refractivity contribution in [3.8, 4) is 0 Å². The number of carboxylic acid groups (broad SMARTS) is 1. The highest BCUT2D eigenvalue weighted by Gasteiger charge is 2.26. The van der Waals surface area contributed by atoms with Crippen LogP contribution in [0.25, 0.3) is 0 Å². The van der Waals surface area contributed by atoms with Crippen molar-refractivity contribution in [3.05, 3.63) is 11.4 Å². The van der Waals surface area contributed by atoms with Crippen molar-refractivity contribution in [1.82, 2.24) is 15.2 Å². The molecule has 0 aliphatic carbocycles. The van der Waals surface area contributed by atoms with Gasteiger partial charge in [0.05, 0.1) is 6.61 Å². The molecule has 1 N–H and O–H groups in total. The quantitative estimate of drug-likeness (QED) is 0.755. The molecule has 1 atom stereocenters. The summed E-state index contributed by atoms with van der Waals surface area (Å²) in [4.78, 5) is 12.7. The SMILES string of the molecule is Cc1nonc1CN1CCOC(C(=O)O)C1. The first-order valence-electron chi connectivity index (χ1n) is 5.01. The monoisotopic (exact) mass is 227 g/mol. The summed E-state index contributed by atoms with van der Waals surface area (Å²) in [5.41, 5.74) is 1.48. The molecular formula is C9H13N3O4. The number of hydrogen-bond donors (Lipinski definition) is 1. The molecule has 2 heterocycles. The van der Waals surface area contributed by atoms with Crippen molar-refractivity contribution in [2.45, 2.75) is 19.6 Å². The molecule has 1 aliphatic heterocycles. The van der Waals surface area contributed by atoms with Gasteiger partial charge < -0.3 is 9.84 Å². The fourth-order valence-corrected chi connectivity index (χ4v) is 1.60. The van der Waals surface area contributed by atoms with E-state index in [1.54, 1.807) is 6.92 Å².